The number of ether oxygens (including phenoxy) is 1. The van der Waals surface area contributed by atoms with Crippen molar-refractivity contribution in [1.29, 1.82) is 0 Å². The van der Waals surface area contributed by atoms with Crippen molar-refractivity contribution in [3.05, 3.63) is 34.9 Å². The highest BCUT2D eigenvalue weighted by molar-refractivity contribution is 6.30. The zero-order chi connectivity index (χ0) is 19.0. The molecule has 0 heterocycles. The molecule has 7 heteroatoms. The quantitative estimate of drug-likeness (QED) is 0.724. The maximum absolute atomic E-state index is 12.3. The van der Waals surface area contributed by atoms with E-state index in [4.69, 9.17) is 16.3 Å². The molecule has 0 aromatic heterocycles. The number of rotatable bonds is 7. The van der Waals surface area contributed by atoms with Gasteiger partial charge in [0.1, 0.15) is 0 Å². The van der Waals surface area contributed by atoms with Gasteiger partial charge in [0.05, 0.1) is 5.92 Å². The van der Waals surface area contributed by atoms with Gasteiger partial charge in [-0.25, -0.2) is 4.79 Å². The van der Waals surface area contributed by atoms with Crippen molar-refractivity contribution in [2.45, 2.75) is 33.6 Å². The van der Waals surface area contributed by atoms with Crippen LogP contribution in [0.3, 0.4) is 0 Å². The van der Waals surface area contributed by atoms with E-state index in [0.29, 0.717) is 11.6 Å². The number of imide groups is 1. The summed E-state index contributed by atoms with van der Waals surface area (Å²) >= 11 is 5.86. The molecule has 6 nitrogen and oxygen atoms in total. The predicted molar refractivity (Wildman–Crippen MR) is 96.4 cm³/mol. The second-order valence-corrected chi connectivity index (χ2v) is 6.97. The summed E-state index contributed by atoms with van der Waals surface area (Å²) in [6.07, 6.45) is 0. The van der Waals surface area contributed by atoms with Crippen LogP contribution < -0.4 is 10.6 Å². The van der Waals surface area contributed by atoms with E-state index in [1.807, 2.05) is 27.7 Å². The summed E-state index contributed by atoms with van der Waals surface area (Å²) in [5, 5.41) is 5.25. The zero-order valence-corrected chi connectivity index (χ0v) is 15.7. The molecule has 0 fully saturated rings. The molecule has 25 heavy (non-hydrogen) atoms. The fraction of sp³-hybridized carbons (Fsp3) is 0.500. The molecule has 138 valence electrons. The monoisotopic (exact) mass is 368 g/mol. The summed E-state index contributed by atoms with van der Waals surface area (Å²) in [5.74, 6) is -1.46. The van der Waals surface area contributed by atoms with Crippen LogP contribution in [0.2, 0.25) is 5.02 Å². The van der Waals surface area contributed by atoms with E-state index in [0.717, 1.165) is 5.56 Å². The number of hydrogen-bond donors (Lipinski definition) is 2. The average molecular weight is 369 g/mol. The Labute approximate surface area is 153 Å². The smallest absolute Gasteiger partial charge is 0.321 e. The first-order chi connectivity index (χ1) is 11.7. The van der Waals surface area contributed by atoms with Gasteiger partial charge in [-0.3, -0.25) is 14.9 Å². The van der Waals surface area contributed by atoms with E-state index in [1.54, 1.807) is 24.3 Å². The minimum absolute atomic E-state index is 0.0222. The molecule has 3 amide bonds. The van der Waals surface area contributed by atoms with E-state index in [2.05, 4.69) is 10.6 Å². The summed E-state index contributed by atoms with van der Waals surface area (Å²) in [4.78, 5) is 35.6. The molecule has 0 aliphatic rings. The van der Waals surface area contributed by atoms with Crippen molar-refractivity contribution in [1.82, 2.24) is 10.6 Å². The molecule has 0 radical (unpaired) electrons. The highest BCUT2D eigenvalue weighted by atomic mass is 35.5. The van der Waals surface area contributed by atoms with Crippen LogP contribution in [-0.2, 0) is 14.3 Å². The van der Waals surface area contributed by atoms with E-state index < -0.39 is 30.4 Å². The molecule has 2 N–H and O–H groups in total. The average Bonchev–Trinajstić information content (AvgIpc) is 2.52. The lowest BCUT2D eigenvalue weighted by atomic mass is 9.88. The first-order valence-electron chi connectivity index (χ1n) is 8.20. The standard InChI is InChI=1S/C18H25ClN2O4/c1-11(2)9-20-18(24)21-15(22)10-25-17(23)16(12(3)4)13-5-7-14(19)8-6-13/h5-8,11-12,16H,9-10H2,1-4H3,(H2,20,21,22,24)/t16-/m1/s1. The van der Waals surface area contributed by atoms with Gasteiger partial charge in [0.25, 0.3) is 5.91 Å². The molecule has 0 saturated carbocycles. The van der Waals surface area contributed by atoms with Crippen molar-refractivity contribution in [3.8, 4) is 0 Å². The van der Waals surface area contributed by atoms with Gasteiger partial charge in [0.15, 0.2) is 6.61 Å². The Morgan fingerprint density at radius 1 is 1.08 bits per heavy atom. The number of halogens is 1. The maximum Gasteiger partial charge on any atom is 0.321 e. The lowest BCUT2D eigenvalue weighted by Crippen LogP contribution is -2.42. The summed E-state index contributed by atoms with van der Waals surface area (Å²) in [6, 6.07) is 6.31. The Hall–Kier alpha value is -2.08. The molecule has 0 saturated heterocycles. The Balaban J connectivity index is 2.56. The summed E-state index contributed by atoms with van der Waals surface area (Å²) in [6.45, 7) is 7.59. The van der Waals surface area contributed by atoms with Gasteiger partial charge in [-0.15, -0.1) is 0 Å². The van der Waals surface area contributed by atoms with Crippen LogP contribution in [0.25, 0.3) is 0 Å². The summed E-state index contributed by atoms with van der Waals surface area (Å²) in [7, 11) is 0. The fourth-order valence-corrected chi connectivity index (χ4v) is 2.32. The van der Waals surface area contributed by atoms with Gasteiger partial charge < -0.3 is 10.1 Å². The van der Waals surface area contributed by atoms with Crippen LogP contribution in [0.15, 0.2) is 24.3 Å². The molecule has 1 aromatic carbocycles. The van der Waals surface area contributed by atoms with E-state index in [1.165, 1.54) is 0 Å². The summed E-state index contributed by atoms with van der Waals surface area (Å²) < 4.78 is 5.07. The van der Waals surface area contributed by atoms with Gasteiger partial charge in [0, 0.05) is 11.6 Å². The highest BCUT2D eigenvalue weighted by Crippen LogP contribution is 2.27. The van der Waals surface area contributed by atoms with Crippen LogP contribution in [0.4, 0.5) is 4.79 Å². The van der Waals surface area contributed by atoms with Gasteiger partial charge in [-0.05, 0) is 29.5 Å². The normalized spacial score (nSPS) is 12.0. The molecule has 0 spiro atoms. The van der Waals surface area contributed by atoms with E-state index in [9.17, 15) is 14.4 Å². The molecule has 0 aliphatic carbocycles. The molecule has 0 bridgehead atoms. The minimum atomic E-state index is -0.673. The van der Waals surface area contributed by atoms with E-state index >= 15 is 0 Å². The Bertz CT molecular complexity index is 600. The van der Waals surface area contributed by atoms with Gasteiger partial charge in [-0.1, -0.05) is 51.4 Å². The Morgan fingerprint density at radius 2 is 1.68 bits per heavy atom. The van der Waals surface area contributed by atoms with E-state index in [-0.39, 0.29) is 11.8 Å². The number of urea groups is 1. The zero-order valence-electron chi connectivity index (χ0n) is 15.0. The number of hydrogen-bond acceptors (Lipinski definition) is 4. The lowest BCUT2D eigenvalue weighted by molar-refractivity contribution is -0.150. The molecular weight excluding hydrogens is 344 g/mol. The first-order valence-corrected chi connectivity index (χ1v) is 8.58. The number of amides is 3. The minimum Gasteiger partial charge on any atom is -0.455 e. The van der Waals surface area contributed by atoms with Crippen molar-refractivity contribution in [2.24, 2.45) is 11.8 Å². The Kier molecular flexibility index (Phi) is 8.41. The van der Waals surface area contributed by atoms with Crippen LogP contribution >= 0.6 is 11.6 Å². The van der Waals surface area contributed by atoms with Crippen LogP contribution in [0.1, 0.15) is 39.2 Å². The molecule has 1 rings (SSSR count). The second kappa shape index (κ2) is 10.0. The molecule has 1 aromatic rings. The van der Waals surface area contributed by atoms with Crippen LogP contribution in [0.5, 0.6) is 0 Å². The third kappa shape index (κ3) is 7.56. The van der Waals surface area contributed by atoms with Gasteiger partial charge in [-0.2, -0.15) is 0 Å². The van der Waals surface area contributed by atoms with Crippen LogP contribution in [-0.4, -0.2) is 31.1 Å². The number of esters is 1. The molecular formula is C18H25ClN2O4. The number of carbonyl (C=O) groups is 3. The predicted octanol–water partition coefficient (Wildman–Crippen LogP) is 3.10. The van der Waals surface area contributed by atoms with Crippen molar-refractivity contribution >= 4 is 29.5 Å². The SMILES string of the molecule is CC(C)CNC(=O)NC(=O)COC(=O)[C@@H](c1ccc(Cl)cc1)C(C)C. The highest BCUT2D eigenvalue weighted by Gasteiger charge is 2.26. The summed E-state index contributed by atoms with van der Waals surface area (Å²) in [5.41, 5.74) is 0.763. The topological polar surface area (TPSA) is 84.5 Å². The number of carbonyl (C=O) groups excluding carboxylic acids is 3. The number of nitrogens with one attached hydrogen (secondary N) is 2. The van der Waals surface area contributed by atoms with Crippen molar-refractivity contribution in [3.63, 3.8) is 0 Å². The fourth-order valence-electron chi connectivity index (χ4n) is 2.19. The molecule has 0 unspecified atom stereocenters. The van der Waals surface area contributed by atoms with Crippen LogP contribution in [0, 0.1) is 11.8 Å². The number of benzene rings is 1. The first kappa shape index (κ1) is 21.0. The molecule has 1 atom stereocenters. The Morgan fingerprint density at radius 3 is 2.20 bits per heavy atom. The second-order valence-electron chi connectivity index (χ2n) is 6.53. The third-order valence-electron chi connectivity index (χ3n) is 3.42. The van der Waals surface area contributed by atoms with Gasteiger partial charge in [0.2, 0.25) is 0 Å². The van der Waals surface area contributed by atoms with Crippen molar-refractivity contribution in [2.75, 3.05) is 13.2 Å². The lowest BCUT2D eigenvalue weighted by Gasteiger charge is -2.19. The maximum atomic E-state index is 12.3. The van der Waals surface area contributed by atoms with Crippen molar-refractivity contribution < 1.29 is 19.1 Å². The van der Waals surface area contributed by atoms with Gasteiger partial charge >= 0.3 is 12.0 Å². The largest absolute Gasteiger partial charge is 0.455 e. The molecule has 0 aliphatic heterocycles. The third-order valence-corrected chi connectivity index (χ3v) is 3.67.